The summed E-state index contributed by atoms with van der Waals surface area (Å²) in [7, 11) is -7.51. The zero-order chi connectivity index (χ0) is 33.4. The highest BCUT2D eigenvalue weighted by atomic mass is 35.5. The van der Waals surface area contributed by atoms with Crippen LogP contribution in [0.15, 0.2) is 70.4 Å². The van der Waals surface area contributed by atoms with Crippen LogP contribution in [0.1, 0.15) is 25.5 Å². The highest BCUT2D eigenvalue weighted by Gasteiger charge is 2.54. The molecule has 3 heterocycles. The van der Waals surface area contributed by atoms with E-state index in [2.05, 4.69) is 4.98 Å². The Morgan fingerprint density at radius 1 is 1.06 bits per heavy atom. The third-order valence-corrected chi connectivity index (χ3v) is 9.47. The lowest BCUT2D eigenvalue weighted by atomic mass is 10.1. The maximum Gasteiger partial charge on any atom is 0.750 e. The van der Waals surface area contributed by atoms with E-state index in [4.69, 9.17) is 65.3 Å². The fourth-order valence-electron chi connectivity index (χ4n) is 4.63. The summed E-state index contributed by atoms with van der Waals surface area (Å²) in [4.78, 5) is 26.9. The third kappa shape index (κ3) is 9.28. The molecule has 19 heteroatoms. The van der Waals surface area contributed by atoms with Gasteiger partial charge in [-0.2, -0.15) is 5.26 Å². The molecule has 7 atom stereocenters. The number of nitrogens with zero attached hydrogens (tertiary/aromatic N) is 2. The summed E-state index contributed by atoms with van der Waals surface area (Å²) in [5.74, 6) is 0.0404. The van der Waals surface area contributed by atoms with E-state index in [9.17, 15) is 18.7 Å². The highest BCUT2D eigenvalue weighted by molar-refractivity contribution is 7.49. The predicted molar refractivity (Wildman–Crippen MR) is 165 cm³/mol. The van der Waals surface area contributed by atoms with Gasteiger partial charge in [0, 0.05) is 29.9 Å². The topological polar surface area (TPSA) is 187 Å². The molecule has 250 valence electrons. The first-order chi connectivity index (χ1) is 22.7. The zero-order valence-electron chi connectivity index (χ0n) is 24.3. The van der Waals surface area contributed by atoms with Gasteiger partial charge in [-0.15, -0.1) is 4.52 Å². The number of H-pyrrole nitrogens is 1. The molecule has 2 aliphatic rings. The van der Waals surface area contributed by atoms with Gasteiger partial charge in [0.05, 0.1) is 29.1 Å². The second-order valence-corrected chi connectivity index (χ2v) is 13.2. The maximum absolute atomic E-state index is 14.2. The second kappa shape index (κ2) is 16.3. The molecule has 1 aromatic heterocycles. The van der Waals surface area contributed by atoms with Crippen LogP contribution in [0.5, 0.6) is 11.5 Å². The molecule has 0 amide bonds. The molecule has 2 saturated heterocycles. The van der Waals surface area contributed by atoms with Gasteiger partial charge in [0.1, 0.15) is 30.7 Å². The summed E-state index contributed by atoms with van der Waals surface area (Å²) in [6.07, 6.45) is -3.92. The van der Waals surface area contributed by atoms with Crippen molar-refractivity contribution in [2.45, 2.75) is 50.1 Å². The number of benzene rings is 2. The molecule has 0 spiro atoms. The van der Waals surface area contributed by atoms with Gasteiger partial charge in [0.25, 0.3) is 5.56 Å². The normalized spacial score (nSPS) is 23.9. The number of ether oxygens (including phenoxy) is 3. The highest BCUT2D eigenvalue weighted by Crippen LogP contribution is 2.55. The number of halogens is 2. The Morgan fingerprint density at radius 3 is 2.45 bits per heavy atom. The number of aromatic amines is 1. The molecule has 2 fully saturated rings. The molecule has 0 saturated carbocycles. The minimum Gasteiger partial charge on any atom is -0.402 e. The Labute approximate surface area is 278 Å². The Balaban J connectivity index is 1.49. The molecular formula is C28H28Cl2N3O12P2+. The minimum atomic E-state index is -4.67. The van der Waals surface area contributed by atoms with Crippen LogP contribution in [0.25, 0.3) is 0 Å². The van der Waals surface area contributed by atoms with Gasteiger partial charge in [0.2, 0.25) is 5.75 Å². The Morgan fingerprint density at radius 2 is 1.79 bits per heavy atom. The molecular weight excluding hydrogens is 703 g/mol. The largest absolute Gasteiger partial charge is 0.750 e. The second-order valence-electron chi connectivity index (χ2n) is 9.95. The molecule has 3 aromatic rings. The number of rotatable bonds is 15. The quantitative estimate of drug-likeness (QED) is 0.152. The van der Waals surface area contributed by atoms with Crippen molar-refractivity contribution >= 4 is 39.3 Å². The van der Waals surface area contributed by atoms with Gasteiger partial charge in [-0.1, -0.05) is 47.5 Å². The summed E-state index contributed by atoms with van der Waals surface area (Å²) in [5.41, 5.74) is -1.51. The third-order valence-electron chi connectivity index (χ3n) is 6.72. The number of para-hydroxylation sites is 2. The summed E-state index contributed by atoms with van der Waals surface area (Å²) in [6.45, 7) is -0.482. The van der Waals surface area contributed by atoms with Gasteiger partial charge < -0.3 is 18.7 Å². The summed E-state index contributed by atoms with van der Waals surface area (Å²) >= 11 is 12.4. The molecule has 3 unspecified atom stereocenters. The molecule has 15 nitrogen and oxygen atoms in total. The van der Waals surface area contributed by atoms with Crippen LogP contribution in [0.4, 0.5) is 0 Å². The van der Waals surface area contributed by atoms with Crippen molar-refractivity contribution in [3.8, 4) is 17.6 Å². The van der Waals surface area contributed by atoms with Crippen molar-refractivity contribution in [1.82, 2.24) is 9.55 Å². The number of hydrogen-bond acceptors (Lipinski definition) is 13. The Bertz CT molecular complexity index is 1760. The van der Waals surface area contributed by atoms with E-state index < -0.39 is 64.8 Å². The smallest absolute Gasteiger partial charge is 0.402 e. The lowest BCUT2D eigenvalue weighted by Gasteiger charge is -2.29. The van der Waals surface area contributed by atoms with E-state index in [1.807, 2.05) is 6.07 Å². The Kier molecular flexibility index (Phi) is 12.2. The van der Waals surface area contributed by atoms with E-state index in [-0.39, 0.29) is 34.6 Å². The van der Waals surface area contributed by atoms with Crippen molar-refractivity contribution in [3.05, 3.63) is 91.7 Å². The predicted octanol–water partition coefficient (Wildman–Crippen LogP) is 5.52. The molecule has 0 radical (unpaired) electrons. The first-order valence-corrected chi connectivity index (χ1v) is 17.5. The molecule has 2 aromatic carbocycles. The number of nitriles is 1. The van der Waals surface area contributed by atoms with Crippen molar-refractivity contribution < 1.29 is 46.0 Å². The number of aromatic nitrogens is 2. The van der Waals surface area contributed by atoms with Gasteiger partial charge in [-0.05, 0) is 30.7 Å². The van der Waals surface area contributed by atoms with Crippen LogP contribution < -0.4 is 20.3 Å². The van der Waals surface area contributed by atoms with Crippen molar-refractivity contribution in [2.24, 2.45) is 0 Å². The first-order valence-electron chi connectivity index (χ1n) is 14.2. The van der Waals surface area contributed by atoms with E-state index in [1.165, 1.54) is 30.5 Å². The molecule has 1 N–H and O–H groups in total. The van der Waals surface area contributed by atoms with Crippen LogP contribution in [-0.2, 0) is 36.9 Å². The lowest BCUT2D eigenvalue weighted by molar-refractivity contribution is -0.181. The first kappa shape index (κ1) is 35.2. The van der Waals surface area contributed by atoms with E-state index >= 15 is 0 Å². The van der Waals surface area contributed by atoms with Crippen LogP contribution in [0.3, 0.4) is 0 Å². The number of nitrogens with one attached hydrogen (secondary N) is 1. The van der Waals surface area contributed by atoms with Crippen molar-refractivity contribution in [2.75, 3.05) is 19.8 Å². The zero-order valence-corrected chi connectivity index (χ0v) is 27.6. The number of phosphoric acid groups is 1. The summed E-state index contributed by atoms with van der Waals surface area (Å²) in [6, 6.07) is 15.4. The maximum atomic E-state index is 14.2. The average Bonchev–Trinajstić information content (AvgIpc) is 3.67. The summed E-state index contributed by atoms with van der Waals surface area (Å²) in [5, 5.41) is 9.35. The van der Waals surface area contributed by atoms with E-state index in [0.29, 0.717) is 19.4 Å². The minimum absolute atomic E-state index is 0.0533. The van der Waals surface area contributed by atoms with Gasteiger partial charge in [-0.3, -0.25) is 23.4 Å². The van der Waals surface area contributed by atoms with Crippen LogP contribution in [0, 0.1) is 11.3 Å². The fraction of sp³-hybridized carbons (Fsp3) is 0.393. The molecule has 47 heavy (non-hydrogen) atoms. The van der Waals surface area contributed by atoms with Gasteiger partial charge >= 0.3 is 21.8 Å². The van der Waals surface area contributed by atoms with Crippen molar-refractivity contribution in [3.63, 3.8) is 0 Å². The van der Waals surface area contributed by atoms with E-state index in [1.54, 1.807) is 24.3 Å². The van der Waals surface area contributed by atoms with Gasteiger partial charge in [-0.25, -0.2) is 13.9 Å². The molecule has 5 rings (SSSR count). The monoisotopic (exact) mass is 730 g/mol. The standard InChI is InChI=1S/C28H27Cl2N3O12P2/c29-18-7-1-3-9-20(18)43-46(36)39-17-22-25(45-47(37,40-16-6-13-31)44-21-10-4-2-8-19(21)30)26(42-24-11-5-15-38-24)27(41-22)33-14-12-23(34)32-28(33)35/h1-4,7-10,12,14,22,24-27H,5-6,11,15-17H2/p+1/t22-,24?,25-,26-,27-,47?/m1/s1. The van der Waals surface area contributed by atoms with E-state index in [0.717, 1.165) is 10.6 Å². The molecule has 0 bridgehead atoms. The average molecular weight is 731 g/mol. The Hall–Kier alpha value is -3.12. The summed E-state index contributed by atoms with van der Waals surface area (Å²) < 4.78 is 74.2. The number of phosphoric ester groups is 1. The lowest BCUT2D eigenvalue weighted by Crippen LogP contribution is -2.42. The van der Waals surface area contributed by atoms with Crippen molar-refractivity contribution in [1.29, 1.82) is 5.26 Å². The van der Waals surface area contributed by atoms with Crippen LogP contribution in [0.2, 0.25) is 10.0 Å². The SMILES string of the molecule is N#CCCOP(=O)(Oc1ccccc1Cl)O[C@H]1[C@@H](OC2CCCO2)[C@H](n2ccc(=O)[nH]c2=O)O[C@@H]1CO[P+](=O)Oc1ccccc1Cl. The van der Waals surface area contributed by atoms with Crippen LogP contribution >= 0.6 is 39.3 Å². The fourth-order valence-corrected chi connectivity index (χ4v) is 7.15. The molecule has 0 aliphatic carbocycles. The number of hydrogen-bond donors (Lipinski definition) is 1. The molecule has 2 aliphatic heterocycles. The van der Waals surface area contributed by atoms with Gasteiger partial charge in [0.15, 0.2) is 12.5 Å². The van der Waals surface area contributed by atoms with Crippen LogP contribution in [-0.4, -0.2) is 54.0 Å².